The maximum absolute atomic E-state index is 12.8. The number of amides is 1. The molecule has 4 nitrogen and oxygen atoms in total. The molecule has 1 aliphatic heterocycles. The van der Waals surface area contributed by atoms with Crippen LogP contribution in [0.25, 0.3) is 11.0 Å². The third-order valence-electron chi connectivity index (χ3n) is 4.62. The van der Waals surface area contributed by atoms with Gasteiger partial charge in [0.05, 0.1) is 11.0 Å². The molecule has 0 spiro atoms. The van der Waals surface area contributed by atoms with Gasteiger partial charge in [-0.05, 0) is 52.2 Å². The largest absolute Gasteiger partial charge is 0.336 e. The molecule has 1 fully saturated rings. The third-order valence-corrected chi connectivity index (χ3v) is 4.62. The fraction of sp³-hybridized carbons (Fsp3) is 0.529. The number of carbonyl (C=O) groups is 1. The lowest BCUT2D eigenvalue weighted by Crippen LogP contribution is -2.48. The summed E-state index contributed by atoms with van der Waals surface area (Å²) in [5.41, 5.74) is 2.00. The van der Waals surface area contributed by atoms with Gasteiger partial charge in [-0.3, -0.25) is 4.79 Å². The molecule has 0 aliphatic carbocycles. The quantitative estimate of drug-likeness (QED) is 0.850. The molecule has 0 saturated carbocycles. The van der Waals surface area contributed by atoms with E-state index in [1.54, 1.807) is 0 Å². The van der Waals surface area contributed by atoms with Crippen molar-refractivity contribution < 1.29 is 4.79 Å². The maximum atomic E-state index is 12.8. The standard InChI is InChI=1S/C17H23N3O/c1-12-7-6-8-13(2)20(12)17(21)11-19-14(3)18-15-9-4-5-10-16(15)19/h4-5,9-10,12-13H,6-8,11H2,1-3H3. The summed E-state index contributed by atoms with van der Waals surface area (Å²) in [6, 6.07) is 8.70. The van der Waals surface area contributed by atoms with Crippen molar-refractivity contribution in [3.8, 4) is 0 Å². The van der Waals surface area contributed by atoms with Crippen LogP contribution >= 0.6 is 0 Å². The molecular weight excluding hydrogens is 262 g/mol. The van der Waals surface area contributed by atoms with Crippen LogP contribution in [0.15, 0.2) is 24.3 Å². The van der Waals surface area contributed by atoms with Gasteiger partial charge in [-0.2, -0.15) is 0 Å². The van der Waals surface area contributed by atoms with Gasteiger partial charge >= 0.3 is 0 Å². The monoisotopic (exact) mass is 285 g/mol. The van der Waals surface area contributed by atoms with E-state index in [9.17, 15) is 4.79 Å². The van der Waals surface area contributed by atoms with E-state index in [1.165, 1.54) is 6.42 Å². The van der Waals surface area contributed by atoms with Gasteiger partial charge in [-0.15, -0.1) is 0 Å². The van der Waals surface area contributed by atoms with E-state index >= 15 is 0 Å². The fourth-order valence-electron chi connectivity index (χ4n) is 3.53. The second kappa shape index (κ2) is 5.51. The van der Waals surface area contributed by atoms with Crippen LogP contribution < -0.4 is 0 Å². The van der Waals surface area contributed by atoms with Crippen LogP contribution in [0.4, 0.5) is 0 Å². The molecule has 4 heteroatoms. The number of hydrogen-bond donors (Lipinski definition) is 0. The number of para-hydroxylation sites is 2. The number of likely N-dealkylation sites (tertiary alicyclic amines) is 1. The van der Waals surface area contributed by atoms with E-state index in [0.717, 1.165) is 29.7 Å². The van der Waals surface area contributed by atoms with Crippen molar-refractivity contribution in [2.45, 2.75) is 58.7 Å². The van der Waals surface area contributed by atoms with Crippen molar-refractivity contribution in [1.82, 2.24) is 14.5 Å². The minimum absolute atomic E-state index is 0.209. The van der Waals surface area contributed by atoms with E-state index in [2.05, 4.69) is 23.7 Å². The average molecular weight is 285 g/mol. The molecule has 1 aliphatic rings. The Bertz CT molecular complexity index is 651. The second-order valence-corrected chi connectivity index (χ2v) is 6.16. The van der Waals surface area contributed by atoms with Gasteiger partial charge in [0.1, 0.15) is 12.4 Å². The maximum Gasteiger partial charge on any atom is 0.243 e. The van der Waals surface area contributed by atoms with Crippen LogP contribution in [0.5, 0.6) is 0 Å². The van der Waals surface area contributed by atoms with Gasteiger partial charge < -0.3 is 9.47 Å². The molecule has 112 valence electrons. The number of benzene rings is 1. The lowest BCUT2D eigenvalue weighted by molar-refractivity contribution is -0.137. The van der Waals surface area contributed by atoms with E-state index in [1.807, 2.05) is 35.8 Å². The smallest absolute Gasteiger partial charge is 0.243 e. The van der Waals surface area contributed by atoms with Crippen LogP contribution in [0, 0.1) is 6.92 Å². The van der Waals surface area contributed by atoms with Crippen molar-refractivity contribution in [2.24, 2.45) is 0 Å². The molecule has 21 heavy (non-hydrogen) atoms. The van der Waals surface area contributed by atoms with E-state index in [0.29, 0.717) is 18.6 Å². The van der Waals surface area contributed by atoms with E-state index in [-0.39, 0.29) is 5.91 Å². The van der Waals surface area contributed by atoms with Crippen LogP contribution in [-0.2, 0) is 11.3 Å². The Balaban J connectivity index is 1.88. The molecule has 2 atom stereocenters. The summed E-state index contributed by atoms with van der Waals surface area (Å²) in [6.45, 7) is 6.68. The highest BCUT2D eigenvalue weighted by atomic mass is 16.2. The average Bonchev–Trinajstić information content (AvgIpc) is 2.75. The zero-order chi connectivity index (χ0) is 15.0. The highest BCUT2D eigenvalue weighted by Gasteiger charge is 2.29. The molecule has 1 saturated heterocycles. The summed E-state index contributed by atoms with van der Waals surface area (Å²) in [6.07, 6.45) is 3.44. The molecule has 2 aromatic rings. The molecule has 1 aromatic carbocycles. The molecule has 0 radical (unpaired) electrons. The highest BCUT2D eigenvalue weighted by molar-refractivity contribution is 5.81. The Morgan fingerprint density at radius 2 is 1.90 bits per heavy atom. The fourth-order valence-corrected chi connectivity index (χ4v) is 3.53. The van der Waals surface area contributed by atoms with Crippen molar-refractivity contribution in [2.75, 3.05) is 0 Å². The molecule has 2 heterocycles. The van der Waals surface area contributed by atoms with Gasteiger partial charge in [0.2, 0.25) is 5.91 Å². The topological polar surface area (TPSA) is 38.1 Å². The first-order chi connectivity index (χ1) is 10.1. The summed E-state index contributed by atoms with van der Waals surface area (Å²) in [7, 11) is 0. The lowest BCUT2D eigenvalue weighted by Gasteiger charge is -2.39. The SMILES string of the molecule is Cc1nc2ccccc2n1CC(=O)N1C(C)CCCC1C. The number of piperidine rings is 1. The highest BCUT2D eigenvalue weighted by Crippen LogP contribution is 2.24. The zero-order valence-corrected chi connectivity index (χ0v) is 13.0. The Labute approximate surface area is 125 Å². The molecule has 1 aromatic heterocycles. The van der Waals surface area contributed by atoms with Gasteiger partial charge in [0.15, 0.2) is 0 Å². The van der Waals surface area contributed by atoms with Crippen molar-refractivity contribution >= 4 is 16.9 Å². The first-order valence-corrected chi connectivity index (χ1v) is 7.81. The molecule has 0 N–H and O–H groups in total. The summed E-state index contributed by atoms with van der Waals surface area (Å²) in [5, 5.41) is 0. The minimum Gasteiger partial charge on any atom is -0.336 e. The van der Waals surface area contributed by atoms with Gasteiger partial charge in [0.25, 0.3) is 0 Å². The third kappa shape index (κ3) is 2.55. The zero-order valence-electron chi connectivity index (χ0n) is 13.0. The summed E-state index contributed by atoms with van der Waals surface area (Å²) < 4.78 is 2.03. The number of imidazole rings is 1. The molecule has 3 rings (SSSR count). The molecular formula is C17H23N3O. The van der Waals surface area contributed by atoms with Crippen LogP contribution in [0.3, 0.4) is 0 Å². The minimum atomic E-state index is 0.209. The van der Waals surface area contributed by atoms with Crippen molar-refractivity contribution in [3.63, 3.8) is 0 Å². The Kier molecular flexibility index (Phi) is 3.70. The molecule has 1 amide bonds. The first-order valence-electron chi connectivity index (χ1n) is 7.81. The van der Waals surface area contributed by atoms with Crippen LogP contribution in [-0.4, -0.2) is 32.4 Å². The lowest BCUT2D eigenvalue weighted by atomic mass is 9.97. The predicted octanol–water partition coefficient (Wildman–Crippen LogP) is 3.13. The summed E-state index contributed by atoms with van der Waals surface area (Å²) >= 11 is 0. The summed E-state index contributed by atoms with van der Waals surface area (Å²) in [4.78, 5) is 19.4. The summed E-state index contributed by atoms with van der Waals surface area (Å²) in [5.74, 6) is 1.11. The second-order valence-electron chi connectivity index (χ2n) is 6.16. The Morgan fingerprint density at radius 1 is 1.24 bits per heavy atom. The number of carbonyl (C=O) groups excluding carboxylic acids is 1. The van der Waals surface area contributed by atoms with Crippen LogP contribution in [0.1, 0.15) is 38.9 Å². The Hall–Kier alpha value is -1.84. The number of hydrogen-bond acceptors (Lipinski definition) is 2. The number of aryl methyl sites for hydroxylation is 1. The van der Waals surface area contributed by atoms with Crippen molar-refractivity contribution in [1.29, 1.82) is 0 Å². The van der Waals surface area contributed by atoms with Gasteiger partial charge in [-0.25, -0.2) is 4.98 Å². The van der Waals surface area contributed by atoms with E-state index in [4.69, 9.17) is 0 Å². The van der Waals surface area contributed by atoms with Gasteiger partial charge in [0, 0.05) is 12.1 Å². The van der Waals surface area contributed by atoms with Crippen LogP contribution in [0.2, 0.25) is 0 Å². The van der Waals surface area contributed by atoms with E-state index < -0.39 is 0 Å². The normalized spacial score (nSPS) is 22.7. The molecule has 0 bridgehead atoms. The van der Waals surface area contributed by atoms with Crippen molar-refractivity contribution in [3.05, 3.63) is 30.1 Å². The number of fused-ring (bicyclic) bond motifs is 1. The number of rotatable bonds is 2. The predicted molar refractivity (Wildman–Crippen MR) is 84.1 cm³/mol. The first kappa shape index (κ1) is 14.1. The Morgan fingerprint density at radius 3 is 2.62 bits per heavy atom. The number of aromatic nitrogens is 2. The molecule has 2 unspecified atom stereocenters. The number of nitrogens with zero attached hydrogens (tertiary/aromatic N) is 3. The van der Waals surface area contributed by atoms with Gasteiger partial charge in [-0.1, -0.05) is 12.1 Å².